The predicted molar refractivity (Wildman–Crippen MR) is 77.2 cm³/mol. The van der Waals surface area contributed by atoms with Crippen molar-refractivity contribution in [1.82, 2.24) is 0 Å². The summed E-state index contributed by atoms with van der Waals surface area (Å²) in [7, 11) is 1.57. The van der Waals surface area contributed by atoms with Crippen LogP contribution in [0.25, 0.3) is 0 Å². The molecule has 3 nitrogen and oxygen atoms in total. The topological polar surface area (TPSA) is 35.5 Å². The Kier molecular flexibility index (Phi) is 6.72. The van der Waals surface area contributed by atoms with E-state index in [0.717, 1.165) is 19.1 Å². The number of benzene rings is 1. The third-order valence-corrected chi connectivity index (χ3v) is 2.84. The van der Waals surface area contributed by atoms with Crippen molar-refractivity contribution in [2.75, 3.05) is 13.7 Å². The second-order valence-electron chi connectivity index (χ2n) is 4.47. The molecule has 1 aromatic rings. The summed E-state index contributed by atoms with van der Waals surface area (Å²) in [5, 5.41) is 0. The van der Waals surface area contributed by atoms with Crippen LogP contribution >= 0.6 is 0 Å². The molecule has 0 atom stereocenters. The molecule has 1 aromatic carbocycles. The first-order valence-electron chi connectivity index (χ1n) is 6.63. The summed E-state index contributed by atoms with van der Waals surface area (Å²) in [6.45, 7) is 4.92. The zero-order valence-electron chi connectivity index (χ0n) is 11.9. The lowest BCUT2D eigenvalue weighted by Crippen LogP contribution is -1.99. The van der Waals surface area contributed by atoms with Gasteiger partial charge in [-0.3, -0.25) is 4.79 Å². The quantitative estimate of drug-likeness (QED) is 0.403. The van der Waals surface area contributed by atoms with Gasteiger partial charge in [-0.2, -0.15) is 0 Å². The fourth-order valence-electron chi connectivity index (χ4n) is 1.85. The molecule has 104 valence electrons. The van der Waals surface area contributed by atoms with E-state index in [9.17, 15) is 4.79 Å². The third kappa shape index (κ3) is 5.16. The standard InChI is InChI=1S/C16H22O3/c1-4-6-13(2)7-5-10-19-15-9-8-14(12-17)11-16(15)18-3/h7-9,11-12H,4-6,10H2,1-3H3. The lowest BCUT2D eigenvalue weighted by atomic mass is 10.1. The summed E-state index contributed by atoms with van der Waals surface area (Å²) < 4.78 is 10.9. The van der Waals surface area contributed by atoms with Crippen LogP contribution in [0.2, 0.25) is 0 Å². The Bertz CT molecular complexity index is 436. The Labute approximate surface area is 115 Å². The van der Waals surface area contributed by atoms with Crippen LogP contribution in [0.15, 0.2) is 29.8 Å². The molecule has 0 saturated heterocycles. The van der Waals surface area contributed by atoms with Crippen LogP contribution in [-0.4, -0.2) is 20.0 Å². The molecule has 0 radical (unpaired) electrons. The molecule has 0 aliphatic heterocycles. The molecule has 0 amide bonds. The van der Waals surface area contributed by atoms with Crippen molar-refractivity contribution in [2.45, 2.75) is 33.1 Å². The van der Waals surface area contributed by atoms with Gasteiger partial charge in [0.2, 0.25) is 0 Å². The smallest absolute Gasteiger partial charge is 0.161 e. The van der Waals surface area contributed by atoms with Crippen LogP contribution in [0.5, 0.6) is 11.5 Å². The van der Waals surface area contributed by atoms with Crippen LogP contribution in [0, 0.1) is 0 Å². The highest BCUT2D eigenvalue weighted by Crippen LogP contribution is 2.27. The molecule has 0 fully saturated rings. The minimum Gasteiger partial charge on any atom is -0.493 e. The van der Waals surface area contributed by atoms with Crippen molar-refractivity contribution in [1.29, 1.82) is 0 Å². The SMILES string of the molecule is CCCC(C)=CCCOc1ccc(C=O)cc1OC. The van der Waals surface area contributed by atoms with E-state index in [1.165, 1.54) is 12.0 Å². The minimum atomic E-state index is 0.586. The monoisotopic (exact) mass is 262 g/mol. The third-order valence-electron chi connectivity index (χ3n) is 2.84. The van der Waals surface area contributed by atoms with Gasteiger partial charge >= 0.3 is 0 Å². The minimum absolute atomic E-state index is 0.586. The van der Waals surface area contributed by atoms with Crippen molar-refractivity contribution in [3.8, 4) is 11.5 Å². The number of methoxy groups -OCH3 is 1. The van der Waals surface area contributed by atoms with Crippen molar-refractivity contribution >= 4 is 6.29 Å². The summed E-state index contributed by atoms with van der Waals surface area (Å²) in [5.74, 6) is 1.27. The lowest BCUT2D eigenvalue weighted by molar-refractivity contribution is 0.112. The molecule has 0 aliphatic rings. The van der Waals surface area contributed by atoms with Gasteiger partial charge in [0.15, 0.2) is 11.5 Å². The maximum absolute atomic E-state index is 10.7. The highest BCUT2D eigenvalue weighted by Gasteiger charge is 2.04. The number of carbonyl (C=O) groups is 1. The van der Waals surface area contributed by atoms with E-state index < -0.39 is 0 Å². The van der Waals surface area contributed by atoms with E-state index in [1.807, 2.05) is 0 Å². The highest BCUT2D eigenvalue weighted by molar-refractivity contribution is 5.76. The number of aldehydes is 1. The fourth-order valence-corrected chi connectivity index (χ4v) is 1.85. The van der Waals surface area contributed by atoms with E-state index >= 15 is 0 Å². The normalized spacial score (nSPS) is 11.2. The number of ether oxygens (including phenoxy) is 2. The van der Waals surface area contributed by atoms with Gasteiger partial charge in [0.25, 0.3) is 0 Å². The summed E-state index contributed by atoms with van der Waals surface area (Å²) >= 11 is 0. The number of hydrogen-bond acceptors (Lipinski definition) is 3. The number of rotatable bonds is 8. The summed E-state index contributed by atoms with van der Waals surface area (Å²) in [5.41, 5.74) is 1.98. The van der Waals surface area contributed by atoms with Gasteiger partial charge in [-0.05, 0) is 38.0 Å². The van der Waals surface area contributed by atoms with Gasteiger partial charge in [-0.1, -0.05) is 25.0 Å². The molecular weight excluding hydrogens is 240 g/mol. The first-order valence-corrected chi connectivity index (χ1v) is 6.63. The Morgan fingerprint density at radius 1 is 1.32 bits per heavy atom. The Morgan fingerprint density at radius 3 is 2.74 bits per heavy atom. The fraction of sp³-hybridized carbons (Fsp3) is 0.438. The Balaban J connectivity index is 2.53. The highest BCUT2D eigenvalue weighted by atomic mass is 16.5. The molecule has 0 heterocycles. The average Bonchev–Trinajstić information content (AvgIpc) is 2.44. The predicted octanol–water partition coefficient (Wildman–Crippen LogP) is 4.02. The van der Waals surface area contributed by atoms with Gasteiger partial charge in [-0.15, -0.1) is 0 Å². The largest absolute Gasteiger partial charge is 0.493 e. The maximum atomic E-state index is 10.7. The number of carbonyl (C=O) groups excluding carboxylic acids is 1. The Hall–Kier alpha value is -1.77. The van der Waals surface area contributed by atoms with Crippen LogP contribution in [0.1, 0.15) is 43.5 Å². The van der Waals surface area contributed by atoms with E-state index in [4.69, 9.17) is 9.47 Å². The summed E-state index contributed by atoms with van der Waals surface area (Å²) in [4.78, 5) is 10.7. The van der Waals surface area contributed by atoms with Gasteiger partial charge in [0.05, 0.1) is 13.7 Å². The zero-order chi connectivity index (χ0) is 14.1. The van der Waals surface area contributed by atoms with E-state index in [2.05, 4.69) is 19.9 Å². The van der Waals surface area contributed by atoms with Crippen LogP contribution in [-0.2, 0) is 0 Å². The second kappa shape index (κ2) is 8.35. The van der Waals surface area contributed by atoms with Crippen LogP contribution in [0.3, 0.4) is 0 Å². The van der Waals surface area contributed by atoms with Crippen molar-refractivity contribution < 1.29 is 14.3 Å². The molecule has 0 aromatic heterocycles. The molecule has 0 N–H and O–H groups in total. The molecule has 0 saturated carbocycles. The number of allylic oxidation sites excluding steroid dienone is 1. The van der Waals surface area contributed by atoms with Crippen molar-refractivity contribution in [2.24, 2.45) is 0 Å². The molecule has 0 aliphatic carbocycles. The summed E-state index contributed by atoms with van der Waals surface area (Å²) in [6, 6.07) is 5.18. The average molecular weight is 262 g/mol. The van der Waals surface area contributed by atoms with Crippen molar-refractivity contribution in [3.05, 3.63) is 35.4 Å². The van der Waals surface area contributed by atoms with Crippen molar-refractivity contribution in [3.63, 3.8) is 0 Å². The molecule has 3 heteroatoms. The first-order chi connectivity index (χ1) is 9.21. The van der Waals surface area contributed by atoms with Gasteiger partial charge in [0.1, 0.15) is 6.29 Å². The molecule has 0 spiro atoms. The maximum Gasteiger partial charge on any atom is 0.161 e. The second-order valence-corrected chi connectivity index (χ2v) is 4.47. The molecule has 0 unspecified atom stereocenters. The molecule has 0 bridgehead atoms. The number of hydrogen-bond donors (Lipinski definition) is 0. The summed E-state index contributed by atoms with van der Waals surface area (Å²) in [6.07, 6.45) is 6.19. The van der Waals surface area contributed by atoms with E-state index in [-0.39, 0.29) is 0 Å². The van der Waals surface area contributed by atoms with E-state index in [0.29, 0.717) is 23.7 Å². The van der Waals surface area contributed by atoms with Gasteiger partial charge in [-0.25, -0.2) is 0 Å². The van der Waals surface area contributed by atoms with Gasteiger partial charge in [0, 0.05) is 5.56 Å². The van der Waals surface area contributed by atoms with E-state index in [1.54, 1.807) is 25.3 Å². The lowest BCUT2D eigenvalue weighted by Gasteiger charge is -2.10. The Morgan fingerprint density at radius 2 is 2.11 bits per heavy atom. The van der Waals surface area contributed by atoms with Crippen LogP contribution in [0.4, 0.5) is 0 Å². The first kappa shape index (κ1) is 15.3. The molecular formula is C16H22O3. The van der Waals surface area contributed by atoms with Gasteiger partial charge < -0.3 is 9.47 Å². The van der Waals surface area contributed by atoms with Crippen LogP contribution < -0.4 is 9.47 Å². The zero-order valence-corrected chi connectivity index (χ0v) is 11.9. The molecule has 19 heavy (non-hydrogen) atoms. The molecule has 1 rings (SSSR count).